The first-order valence-corrected chi connectivity index (χ1v) is 8.72. The fourth-order valence-electron chi connectivity index (χ4n) is 3.45. The van der Waals surface area contributed by atoms with Crippen molar-refractivity contribution in [2.75, 3.05) is 10.6 Å². The summed E-state index contributed by atoms with van der Waals surface area (Å²) in [7, 11) is 0. The van der Waals surface area contributed by atoms with Crippen LogP contribution in [0.3, 0.4) is 0 Å². The number of nitrogen functional groups attached to an aromatic ring is 1. The van der Waals surface area contributed by atoms with E-state index in [2.05, 4.69) is 5.32 Å². The van der Waals surface area contributed by atoms with Gasteiger partial charge < -0.3 is 11.1 Å². The summed E-state index contributed by atoms with van der Waals surface area (Å²) in [5.74, 6) is 0. The van der Waals surface area contributed by atoms with Gasteiger partial charge >= 0.3 is 0 Å². The number of rotatable bonds is 4. The Kier molecular flexibility index (Phi) is 4.01. The van der Waals surface area contributed by atoms with Crippen molar-refractivity contribution in [3.63, 3.8) is 0 Å². The fourth-order valence-corrected chi connectivity index (χ4v) is 3.84. The Morgan fingerprint density at radius 3 is 2.22 bits per heavy atom. The smallest absolute Gasteiger partial charge is 0.270 e. The van der Waals surface area contributed by atoms with Gasteiger partial charge in [-0.05, 0) is 30.4 Å². The largest absolute Gasteiger partial charge is 0.398 e. The highest BCUT2D eigenvalue weighted by molar-refractivity contribution is 7.80. The van der Waals surface area contributed by atoms with Crippen LogP contribution in [0.15, 0.2) is 78.9 Å². The predicted molar refractivity (Wildman–Crippen MR) is 109 cm³/mol. The molecule has 1 saturated heterocycles. The van der Waals surface area contributed by atoms with Crippen molar-refractivity contribution in [2.24, 2.45) is 0 Å². The number of non-ortho nitro benzene ring substituents is 1. The van der Waals surface area contributed by atoms with Crippen LogP contribution in [0.5, 0.6) is 0 Å². The van der Waals surface area contributed by atoms with Crippen molar-refractivity contribution in [2.45, 2.75) is 5.66 Å². The second-order valence-corrected chi connectivity index (χ2v) is 6.59. The molecule has 0 amide bonds. The van der Waals surface area contributed by atoms with Crippen LogP contribution in [-0.4, -0.2) is 10.0 Å². The van der Waals surface area contributed by atoms with Crippen LogP contribution in [-0.2, 0) is 5.66 Å². The van der Waals surface area contributed by atoms with E-state index in [1.807, 2.05) is 65.6 Å². The number of thiocarbonyl (C=S) groups is 1. The number of anilines is 2. The summed E-state index contributed by atoms with van der Waals surface area (Å²) >= 11 is 5.50. The molecule has 6 nitrogen and oxygen atoms in total. The van der Waals surface area contributed by atoms with Crippen LogP contribution in [0.25, 0.3) is 0 Å². The molecule has 3 aromatic rings. The van der Waals surface area contributed by atoms with E-state index in [4.69, 9.17) is 18.0 Å². The minimum atomic E-state index is -0.921. The molecular weight excluding hydrogens is 360 g/mol. The van der Waals surface area contributed by atoms with E-state index in [1.54, 1.807) is 6.07 Å². The van der Waals surface area contributed by atoms with Crippen LogP contribution in [0.2, 0.25) is 0 Å². The third-order valence-corrected chi connectivity index (χ3v) is 4.95. The van der Waals surface area contributed by atoms with E-state index in [0.29, 0.717) is 16.4 Å². The molecule has 3 aromatic carbocycles. The molecule has 27 heavy (non-hydrogen) atoms. The SMILES string of the molecule is Nc1ccc([N+](=O)[O-])cc1C1(c2ccccc2)NC(=S)N1c1ccccc1. The molecule has 1 aliphatic heterocycles. The second kappa shape index (κ2) is 6.37. The van der Waals surface area contributed by atoms with Gasteiger partial charge in [-0.3, -0.25) is 15.0 Å². The van der Waals surface area contributed by atoms with Gasteiger partial charge in [0.1, 0.15) is 0 Å². The molecule has 1 heterocycles. The Morgan fingerprint density at radius 1 is 1.00 bits per heavy atom. The lowest BCUT2D eigenvalue weighted by Gasteiger charge is -2.55. The average Bonchev–Trinajstić information content (AvgIpc) is 2.67. The van der Waals surface area contributed by atoms with Gasteiger partial charge in [-0.15, -0.1) is 0 Å². The van der Waals surface area contributed by atoms with E-state index in [0.717, 1.165) is 11.3 Å². The number of benzene rings is 3. The maximum atomic E-state index is 11.4. The van der Waals surface area contributed by atoms with Crippen molar-refractivity contribution in [3.8, 4) is 0 Å². The van der Waals surface area contributed by atoms with Gasteiger partial charge in [-0.1, -0.05) is 48.5 Å². The lowest BCUT2D eigenvalue weighted by molar-refractivity contribution is -0.384. The summed E-state index contributed by atoms with van der Waals surface area (Å²) in [5.41, 5.74) is 8.11. The minimum Gasteiger partial charge on any atom is -0.398 e. The Bertz CT molecular complexity index is 1030. The Balaban J connectivity index is 1.99. The lowest BCUT2D eigenvalue weighted by atomic mass is 9.84. The van der Waals surface area contributed by atoms with Gasteiger partial charge in [0.15, 0.2) is 10.8 Å². The number of nitrogens with zero attached hydrogens (tertiary/aromatic N) is 2. The van der Waals surface area contributed by atoms with Crippen LogP contribution >= 0.6 is 12.2 Å². The number of hydrogen-bond acceptors (Lipinski definition) is 4. The Hall–Kier alpha value is -3.45. The summed E-state index contributed by atoms with van der Waals surface area (Å²) in [6, 6.07) is 23.8. The van der Waals surface area contributed by atoms with Gasteiger partial charge in [0.05, 0.1) is 4.92 Å². The maximum absolute atomic E-state index is 11.4. The zero-order valence-corrected chi connectivity index (χ0v) is 15.0. The average molecular weight is 376 g/mol. The molecule has 1 aliphatic rings. The first-order valence-electron chi connectivity index (χ1n) is 8.31. The Morgan fingerprint density at radius 2 is 1.63 bits per heavy atom. The van der Waals surface area contributed by atoms with Crippen molar-refractivity contribution in [1.82, 2.24) is 5.32 Å². The number of nitro benzene ring substituents is 1. The number of hydrogen-bond donors (Lipinski definition) is 2. The zero-order valence-electron chi connectivity index (χ0n) is 14.2. The van der Waals surface area contributed by atoms with Crippen molar-refractivity contribution in [3.05, 3.63) is 100 Å². The molecule has 0 radical (unpaired) electrons. The van der Waals surface area contributed by atoms with E-state index < -0.39 is 10.6 Å². The first-order chi connectivity index (χ1) is 13.0. The monoisotopic (exact) mass is 376 g/mol. The van der Waals surface area contributed by atoms with Crippen LogP contribution in [0.4, 0.5) is 17.1 Å². The van der Waals surface area contributed by atoms with Gasteiger partial charge in [0.2, 0.25) is 0 Å². The van der Waals surface area contributed by atoms with Crippen LogP contribution in [0, 0.1) is 10.1 Å². The highest BCUT2D eigenvalue weighted by Crippen LogP contribution is 2.45. The summed E-state index contributed by atoms with van der Waals surface area (Å²) in [6.07, 6.45) is 0. The minimum absolute atomic E-state index is 0.0258. The van der Waals surface area contributed by atoms with Crippen LogP contribution in [0.1, 0.15) is 11.1 Å². The number of nitro groups is 1. The molecule has 7 heteroatoms. The standard InChI is InChI=1S/C20H16N4O2S/c21-18-12-11-16(24(25)26)13-17(18)20(14-7-3-1-4-8-14)22-19(27)23(20)15-9-5-2-6-10-15/h1-13H,21H2,(H,22,27). The van der Waals surface area contributed by atoms with E-state index in [-0.39, 0.29) is 5.69 Å². The van der Waals surface area contributed by atoms with Gasteiger partial charge in [0, 0.05) is 34.6 Å². The third-order valence-electron chi connectivity index (χ3n) is 4.67. The van der Waals surface area contributed by atoms with Crippen molar-refractivity contribution < 1.29 is 4.92 Å². The molecular formula is C20H16N4O2S. The highest BCUT2D eigenvalue weighted by Gasteiger charge is 2.53. The lowest BCUT2D eigenvalue weighted by Crippen LogP contribution is -2.74. The van der Waals surface area contributed by atoms with Gasteiger partial charge in [-0.25, -0.2) is 0 Å². The molecule has 0 aliphatic carbocycles. The maximum Gasteiger partial charge on any atom is 0.270 e. The van der Waals surface area contributed by atoms with E-state index in [1.165, 1.54) is 12.1 Å². The number of para-hydroxylation sites is 1. The molecule has 4 rings (SSSR count). The zero-order chi connectivity index (χ0) is 19.0. The topological polar surface area (TPSA) is 84.4 Å². The molecule has 134 valence electrons. The normalized spacial score (nSPS) is 18.5. The molecule has 1 fully saturated rings. The molecule has 1 atom stereocenters. The Labute approximate surface area is 161 Å². The molecule has 0 aromatic heterocycles. The second-order valence-electron chi connectivity index (χ2n) is 6.21. The van der Waals surface area contributed by atoms with Gasteiger partial charge in [0.25, 0.3) is 5.69 Å². The molecule has 3 N–H and O–H groups in total. The summed E-state index contributed by atoms with van der Waals surface area (Å²) in [4.78, 5) is 12.9. The molecule has 0 spiro atoms. The van der Waals surface area contributed by atoms with E-state index >= 15 is 0 Å². The summed E-state index contributed by atoms with van der Waals surface area (Å²) < 4.78 is 0. The van der Waals surface area contributed by atoms with Crippen molar-refractivity contribution >= 4 is 34.4 Å². The summed E-state index contributed by atoms with van der Waals surface area (Å²) in [5, 5.41) is 15.2. The highest BCUT2D eigenvalue weighted by atomic mass is 32.1. The molecule has 1 unspecified atom stereocenters. The summed E-state index contributed by atoms with van der Waals surface area (Å²) in [6.45, 7) is 0. The number of nitrogens with one attached hydrogen (secondary N) is 1. The van der Waals surface area contributed by atoms with Crippen LogP contribution < -0.4 is 16.0 Å². The first kappa shape index (κ1) is 17.0. The fraction of sp³-hybridized carbons (Fsp3) is 0.0500. The molecule has 0 bridgehead atoms. The quantitative estimate of drug-likeness (QED) is 0.312. The predicted octanol–water partition coefficient (Wildman–Crippen LogP) is 3.77. The molecule has 0 saturated carbocycles. The van der Waals surface area contributed by atoms with Gasteiger partial charge in [-0.2, -0.15) is 0 Å². The third kappa shape index (κ3) is 2.60. The van der Waals surface area contributed by atoms with Crippen molar-refractivity contribution in [1.29, 1.82) is 0 Å². The number of nitrogens with two attached hydrogens (primary N) is 1. The van der Waals surface area contributed by atoms with E-state index in [9.17, 15) is 10.1 Å².